The van der Waals surface area contributed by atoms with Crippen LogP contribution in [0.3, 0.4) is 0 Å². The Hall–Kier alpha value is -1.41. The molecule has 2 heteroatoms. The summed E-state index contributed by atoms with van der Waals surface area (Å²) in [7, 11) is 1.71. The first-order chi connectivity index (χ1) is 9.83. The van der Waals surface area contributed by atoms with Crippen LogP contribution >= 0.6 is 11.8 Å². The highest BCUT2D eigenvalue weighted by molar-refractivity contribution is 7.99. The van der Waals surface area contributed by atoms with Gasteiger partial charge >= 0.3 is 0 Å². The predicted molar refractivity (Wildman–Crippen MR) is 87.6 cm³/mol. The second kappa shape index (κ2) is 8.01. The van der Waals surface area contributed by atoms with Crippen molar-refractivity contribution in [2.24, 2.45) is 0 Å². The Kier molecular flexibility index (Phi) is 6.00. The summed E-state index contributed by atoms with van der Waals surface area (Å²) in [6, 6.07) is 19.1. The number of hydrogen-bond acceptors (Lipinski definition) is 2. The van der Waals surface area contributed by atoms with Crippen LogP contribution in [0, 0.1) is 0 Å². The molecule has 106 valence electrons. The lowest BCUT2D eigenvalue weighted by Gasteiger charge is -2.17. The van der Waals surface area contributed by atoms with Crippen LogP contribution in [0.4, 0.5) is 0 Å². The van der Waals surface area contributed by atoms with E-state index in [2.05, 4.69) is 61.5 Å². The molecule has 1 nitrogen and oxygen atoms in total. The van der Waals surface area contributed by atoms with E-state index in [0.29, 0.717) is 5.25 Å². The zero-order valence-electron chi connectivity index (χ0n) is 12.2. The lowest BCUT2D eigenvalue weighted by atomic mass is 10.1. The van der Waals surface area contributed by atoms with E-state index in [1.54, 1.807) is 7.11 Å². The van der Waals surface area contributed by atoms with Crippen molar-refractivity contribution in [2.45, 2.75) is 36.3 Å². The van der Waals surface area contributed by atoms with Gasteiger partial charge in [0.25, 0.3) is 0 Å². The van der Waals surface area contributed by atoms with E-state index in [1.807, 2.05) is 11.8 Å². The van der Waals surface area contributed by atoms with Crippen molar-refractivity contribution in [2.75, 3.05) is 7.11 Å². The van der Waals surface area contributed by atoms with Crippen molar-refractivity contribution >= 4 is 11.8 Å². The Balaban J connectivity index is 2.13. The van der Waals surface area contributed by atoms with Crippen LogP contribution in [-0.4, -0.2) is 7.11 Å². The van der Waals surface area contributed by atoms with E-state index in [-0.39, 0.29) is 0 Å². The molecule has 0 aliphatic heterocycles. The van der Waals surface area contributed by atoms with Gasteiger partial charge in [-0.2, -0.15) is 0 Å². The summed E-state index contributed by atoms with van der Waals surface area (Å²) < 4.78 is 5.24. The monoisotopic (exact) mass is 286 g/mol. The molecule has 0 spiro atoms. The normalized spacial score (nSPS) is 12.1. The second-order valence-electron chi connectivity index (χ2n) is 4.83. The van der Waals surface area contributed by atoms with Gasteiger partial charge in [-0.3, -0.25) is 0 Å². The molecule has 0 radical (unpaired) electrons. The van der Waals surface area contributed by atoms with Crippen molar-refractivity contribution in [3.63, 3.8) is 0 Å². The molecule has 20 heavy (non-hydrogen) atoms. The smallest absolute Gasteiger partial charge is 0.118 e. The van der Waals surface area contributed by atoms with Crippen LogP contribution in [0.2, 0.25) is 0 Å². The SMILES string of the molecule is CCCCC(Sc1ccccc1)c1ccc(OC)cc1. The molecule has 0 saturated carbocycles. The third-order valence-corrected chi connectivity index (χ3v) is 4.67. The van der Waals surface area contributed by atoms with Gasteiger partial charge in [-0.1, -0.05) is 50.1 Å². The Bertz CT molecular complexity index is 493. The zero-order valence-corrected chi connectivity index (χ0v) is 13.0. The zero-order chi connectivity index (χ0) is 14.2. The van der Waals surface area contributed by atoms with Crippen LogP contribution in [0.15, 0.2) is 59.5 Å². The molecule has 1 atom stereocenters. The summed E-state index contributed by atoms with van der Waals surface area (Å²) in [5.41, 5.74) is 1.38. The molecule has 0 heterocycles. The maximum absolute atomic E-state index is 5.24. The number of benzene rings is 2. The Labute approximate surface area is 126 Å². The summed E-state index contributed by atoms with van der Waals surface area (Å²) in [5, 5.41) is 0.517. The van der Waals surface area contributed by atoms with Crippen molar-refractivity contribution in [1.29, 1.82) is 0 Å². The summed E-state index contributed by atoms with van der Waals surface area (Å²) >= 11 is 1.95. The highest BCUT2D eigenvalue weighted by Crippen LogP contribution is 2.39. The van der Waals surface area contributed by atoms with Gasteiger partial charge in [0.15, 0.2) is 0 Å². The van der Waals surface area contributed by atoms with E-state index in [9.17, 15) is 0 Å². The number of hydrogen-bond donors (Lipinski definition) is 0. The average molecular weight is 286 g/mol. The van der Waals surface area contributed by atoms with E-state index < -0.39 is 0 Å². The highest BCUT2D eigenvalue weighted by atomic mass is 32.2. The van der Waals surface area contributed by atoms with E-state index in [4.69, 9.17) is 4.74 Å². The molecule has 0 amide bonds. The number of unbranched alkanes of at least 4 members (excludes halogenated alkanes) is 1. The largest absolute Gasteiger partial charge is 0.497 e. The van der Waals surface area contributed by atoms with Crippen LogP contribution in [-0.2, 0) is 0 Å². The Morgan fingerprint density at radius 1 is 1.00 bits per heavy atom. The molecular formula is C18H22OS. The minimum atomic E-state index is 0.517. The molecule has 2 rings (SSSR count). The Morgan fingerprint density at radius 3 is 2.30 bits per heavy atom. The molecule has 0 aliphatic rings. The summed E-state index contributed by atoms with van der Waals surface area (Å²) in [5.74, 6) is 0.924. The third kappa shape index (κ3) is 4.31. The minimum absolute atomic E-state index is 0.517. The van der Waals surface area contributed by atoms with Crippen LogP contribution < -0.4 is 4.74 Å². The maximum atomic E-state index is 5.24. The first-order valence-electron chi connectivity index (χ1n) is 7.19. The van der Waals surface area contributed by atoms with Crippen molar-refractivity contribution < 1.29 is 4.74 Å². The van der Waals surface area contributed by atoms with Gasteiger partial charge in [-0.15, -0.1) is 11.8 Å². The molecule has 0 aliphatic carbocycles. The molecular weight excluding hydrogens is 264 g/mol. The average Bonchev–Trinajstić information content (AvgIpc) is 2.52. The quantitative estimate of drug-likeness (QED) is 0.602. The Morgan fingerprint density at radius 2 is 1.70 bits per heavy atom. The molecule has 0 N–H and O–H groups in total. The van der Waals surface area contributed by atoms with Gasteiger partial charge in [-0.25, -0.2) is 0 Å². The molecule has 0 saturated heterocycles. The summed E-state index contributed by atoms with van der Waals surface area (Å²) in [6.45, 7) is 2.25. The highest BCUT2D eigenvalue weighted by Gasteiger charge is 2.12. The van der Waals surface area contributed by atoms with Crippen LogP contribution in [0.1, 0.15) is 37.0 Å². The van der Waals surface area contributed by atoms with Gasteiger partial charge in [0.05, 0.1) is 7.11 Å². The number of thioether (sulfide) groups is 1. The summed E-state index contributed by atoms with van der Waals surface area (Å²) in [6.07, 6.45) is 3.71. The van der Waals surface area contributed by atoms with Gasteiger partial charge < -0.3 is 4.74 Å². The van der Waals surface area contributed by atoms with Gasteiger partial charge in [0.1, 0.15) is 5.75 Å². The predicted octanol–water partition coefficient (Wildman–Crippen LogP) is 5.72. The molecule has 2 aromatic carbocycles. The standard InChI is InChI=1S/C18H22OS/c1-3-4-10-18(20-17-8-6-5-7-9-17)15-11-13-16(19-2)14-12-15/h5-9,11-14,18H,3-4,10H2,1-2H3. The lowest BCUT2D eigenvalue weighted by Crippen LogP contribution is -1.95. The second-order valence-corrected chi connectivity index (χ2v) is 6.11. The van der Waals surface area contributed by atoms with Gasteiger partial charge in [0.2, 0.25) is 0 Å². The first kappa shape index (κ1) is 15.0. The van der Waals surface area contributed by atoms with E-state index >= 15 is 0 Å². The molecule has 0 bridgehead atoms. The number of rotatable bonds is 7. The fourth-order valence-corrected chi connectivity index (χ4v) is 3.39. The van der Waals surface area contributed by atoms with E-state index in [1.165, 1.54) is 29.7 Å². The van der Waals surface area contributed by atoms with E-state index in [0.717, 1.165) is 5.75 Å². The van der Waals surface area contributed by atoms with Crippen LogP contribution in [0.25, 0.3) is 0 Å². The summed E-state index contributed by atoms with van der Waals surface area (Å²) in [4.78, 5) is 1.34. The molecule has 1 unspecified atom stereocenters. The fraction of sp³-hybridized carbons (Fsp3) is 0.333. The fourth-order valence-electron chi connectivity index (χ4n) is 2.17. The molecule has 2 aromatic rings. The van der Waals surface area contributed by atoms with Crippen molar-refractivity contribution in [3.05, 3.63) is 60.2 Å². The van der Waals surface area contributed by atoms with Gasteiger partial charge in [-0.05, 0) is 36.2 Å². The molecule has 0 aromatic heterocycles. The van der Waals surface area contributed by atoms with Crippen molar-refractivity contribution in [3.8, 4) is 5.75 Å². The van der Waals surface area contributed by atoms with Crippen molar-refractivity contribution in [1.82, 2.24) is 0 Å². The lowest BCUT2D eigenvalue weighted by molar-refractivity contribution is 0.414. The third-order valence-electron chi connectivity index (χ3n) is 3.33. The first-order valence-corrected chi connectivity index (χ1v) is 8.07. The molecule has 0 fully saturated rings. The number of methoxy groups -OCH3 is 1. The topological polar surface area (TPSA) is 9.23 Å². The van der Waals surface area contributed by atoms with Crippen LogP contribution in [0.5, 0.6) is 5.75 Å². The number of ether oxygens (including phenoxy) is 1. The van der Waals surface area contributed by atoms with Gasteiger partial charge in [0, 0.05) is 10.1 Å². The maximum Gasteiger partial charge on any atom is 0.118 e. The minimum Gasteiger partial charge on any atom is -0.497 e.